The number of ether oxygens (including phenoxy) is 6. The van der Waals surface area contributed by atoms with Crippen LogP contribution in [-0.4, -0.2) is 190 Å². The molecule has 3 aliphatic heterocycles. The number of aliphatic hydroxyl groups is 9. The molecular formula is C59H97IN2O19. The number of hydrogen-bond donors (Lipinski definition) is 12. The summed E-state index contributed by atoms with van der Waals surface area (Å²) in [4.78, 5) is 40.2. The SMILES string of the molecule is CC1O[C@@H](OC2C(O)[C@@H](NC(=O)CCCCCCCCCCC(=O)O)C(CO)O[C@H]2OC(=O)[C@@]2(CCC(C)(C)C)C(O)CC3(C)C(=CCC4C5(C)CC[C@H](O)C(C)(C=N)C5CCC43C)C2I)C(O)C(O)[C@H]1O[C@@H]1OC[C@@H](O)C(O)C1O. The number of amides is 1. The van der Waals surface area contributed by atoms with Gasteiger partial charge in [-0.3, -0.25) is 14.4 Å². The van der Waals surface area contributed by atoms with Gasteiger partial charge in [0.05, 0.1) is 41.5 Å². The molecule has 12 N–H and O–H groups in total. The van der Waals surface area contributed by atoms with Gasteiger partial charge in [0, 0.05) is 24.5 Å². The normalized spacial score (nSPS) is 45.4. The van der Waals surface area contributed by atoms with Crippen molar-refractivity contribution in [1.29, 1.82) is 5.41 Å². The van der Waals surface area contributed by atoms with Gasteiger partial charge in [-0.2, -0.15) is 0 Å². The Morgan fingerprint density at radius 1 is 0.778 bits per heavy atom. The lowest BCUT2D eigenvalue weighted by Crippen LogP contribution is -2.69. The highest BCUT2D eigenvalue weighted by atomic mass is 127. The van der Waals surface area contributed by atoms with Crippen molar-refractivity contribution in [2.45, 2.75) is 273 Å². The van der Waals surface area contributed by atoms with E-state index in [1.54, 1.807) is 0 Å². The van der Waals surface area contributed by atoms with Crippen LogP contribution in [0, 0.1) is 49.7 Å². The monoisotopic (exact) mass is 1260 g/mol. The molecule has 7 rings (SSSR count). The van der Waals surface area contributed by atoms with E-state index in [1.807, 2.05) is 27.7 Å². The van der Waals surface area contributed by atoms with Crippen molar-refractivity contribution in [3.05, 3.63) is 11.6 Å². The van der Waals surface area contributed by atoms with Crippen LogP contribution in [0.15, 0.2) is 11.6 Å². The van der Waals surface area contributed by atoms with Crippen LogP contribution >= 0.6 is 22.6 Å². The summed E-state index contributed by atoms with van der Waals surface area (Å²) >= 11 is 2.30. The Morgan fingerprint density at radius 3 is 2.01 bits per heavy atom. The average Bonchev–Trinajstić information content (AvgIpc) is 3.60. The van der Waals surface area contributed by atoms with E-state index in [1.165, 1.54) is 13.1 Å². The predicted molar refractivity (Wildman–Crippen MR) is 302 cm³/mol. The molecular weight excluding hydrogens is 1170 g/mol. The number of carboxylic acids is 1. The number of halogens is 1. The van der Waals surface area contributed by atoms with Crippen LogP contribution in [0.5, 0.6) is 0 Å². The van der Waals surface area contributed by atoms with Gasteiger partial charge in [0.25, 0.3) is 0 Å². The second-order valence-corrected chi connectivity index (χ2v) is 28.4. The van der Waals surface area contributed by atoms with Gasteiger partial charge in [0.15, 0.2) is 18.7 Å². The van der Waals surface area contributed by atoms with E-state index in [0.717, 1.165) is 63.4 Å². The molecule has 0 spiro atoms. The Bertz CT molecular complexity index is 2210. The summed E-state index contributed by atoms with van der Waals surface area (Å²) in [5.74, 6) is -1.93. The first kappa shape index (κ1) is 66.5. The topological polar surface area (TPSA) is 345 Å². The summed E-state index contributed by atoms with van der Waals surface area (Å²) in [6, 6.07) is -1.37. The standard InChI is InChI=1S/C59H97IN2O19/c1-31-47(79-50-45(73)42(70)33(64)29-76-50)44(72)46(74)51(77-31)80-48-43(71)41(62-39(67)17-15-13-11-9-10-12-14-16-18-40(68)69)34(28-63)78-52(48)81-53(75)59(26-25-54(2,3)4)38(66)27-58(8)32(49(59)60)19-20-36-55(5)23-22-37(65)56(6,30-61)35(55)21-24-57(36,58)7/h19,30-31,33-38,41-52,61,63-66,70-74H,9-18,20-29H2,1-8H3,(H,62,67)(H,68,69)/t31?,33-,34?,35?,36?,37+,38?,41+,42?,43?,44?,45?,46?,47+,48?,49?,50+,51+,52+,55?,56?,57?,58?,59+/m1/s1. The van der Waals surface area contributed by atoms with Crippen LogP contribution in [0.25, 0.3) is 0 Å². The third kappa shape index (κ3) is 13.2. The van der Waals surface area contributed by atoms with E-state index in [4.69, 9.17) is 38.9 Å². The zero-order valence-corrected chi connectivity index (χ0v) is 50.9. The molecule has 0 radical (unpaired) electrons. The van der Waals surface area contributed by atoms with Gasteiger partial charge >= 0.3 is 11.9 Å². The molecule has 7 aliphatic rings. The van der Waals surface area contributed by atoms with Gasteiger partial charge in [-0.15, -0.1) is 0 Å². The predicted octanol–water partition coefficient (Wildman–Crippen LogP) is 4.32. The van der Waals surface area contributed by atoms with Gasteiger partial charge in [-0.25, -0.2) is 0 Å². The molecule has 21 nitrogen and oxygen atoms in total. The second kappa shape index (κ2) is 26.5. The fourth-order valence-corrected chi connectivity index (χ4v) is 17.5. The zero-order valence-electron chi connectivity index (χ0n) is 48.8. The van der Waals surface area contributed by atoms with E-state index < -0.39 is 149 Å². The molecule has 4 aliphatic carbocycles. The Labute approximate surface area is 491 Å². The number of allylic oxidation sites excluding steroid dienone is 2. The molecule has 3 heterocycles. The van der Waals surface area contributed by atoms with Crippen molar-refractivity contribution < 1.29 is 93.9 Å². The number of rotatable bonds is 22. The average molecular weight is 1270 g/mol. The first-order valence-electron chi connectivity index (χ1n) is 29.8. The van der Waals surface area contributed by atoms with Gasteiger partial charge in [-0.1, -0.05) is 121 Å². The van der Waals surface area contributed by atoms with Crippen LogP contribution in [0.4, 0.5) is 0 Å². The van der Waals surface area contributed by atoms with Crippen molar-refractivity contribution in [3.63, 3.8) is 0 Å². The maximum Gasteiger partial charge on any atom is 0.318 e. The van der Waals surface area contributed by atoms with Crippen LogP contribution in [0.1, 0.15) is 171 Å². The van der Waals surface area contributed by atoms with E-state index >= 15 is 4.79 Å². The summed E-state index contributed by atoms with van der Waals surface area (Å²) in [6.07, 6.45) is -8.49. The third-order valence-electron chi connectivity index (χ3n) is 20.9. The van der Waals surface area contributed by atoms with Crippen LogP contribution < -0.4 is 5.32 Å². The Hall–Kier alpha value is -2.01. The number of aliphatic carboxylic acids is 1. The molecule has 0 bridgehead atoms. The number of unbranched alkanes of at least 4 members (excludes halogenated alkanes) is 7. The van der Waals surface area contributed by atoms with Gasteiger partial charge in [0.1, 0.15) is 54.2 Å². The van der Waals surface area contributed by atoms with Crippen molar-refractivity contribution in [3.8, 4) is 0 Å². The number of aliphatic hydroxyl groups excluding tert-OH is 9. The molecule has 3 saturated carbocycles. The summed E-state index contributed by atoms with van der Waals surface area (Å²) in [5.41, 5.74) is -2.78. The lowest BCUT2D eigenvalue weighted by molar-refractivity contribution is -0.369. The number of carbonyl (C=O) groups is 3. The van der Waals surface area contributed by atoms with Gasteiger partial charge in [0.2, 0.25) is 12.2 Å². The number of carboxylic acid groups (broad SMARTS) is 1. The molecule has 22 heteroatoms. The lowest BCUT2D eigenvalue weighted by Gasteiger charge is -2.70. The summed E-state index contributed by atoms with van der Waals surface area (Å²) < 4.78 is 35.9. The van der Waals surface area contributed by atoms with E-state index in [0.29, 0.717) is 32.1 Å². The first-order chi connectivity index (χ1) is 37.9. The highest BCUT2D eigenvalue weighted by Crippen LogP contribution is 2.74. The zero-order chi connectivity index (χ0) is 59.8. The molecule has 81 heavy (non-hydrogen) atoms. The summed E-state index contributed by atoms with van der Waals surface area (Å²) in [7, 11) is 0. The fraction of sp³-hybridized carbons (Fsp3) is 0.898. The third-order valence-corrected chi connectivity index (χ3v) is 22.7. The number of esters is 1. The molecule has 24 atom stereocenters. The van der Waals surface area contributed by atoms with Gasteiger partial charge in [-0.05, 0) is 105 Å². The molecule has 3 saturated heterocycles. The van der Waals surface area contributed by atoms with E-state index in [2.05, 4.69) is 54.8 Å². The number of alkyl halides is 1. The highest BCUT2D eigenvalue weighted by Gasteiger charge is 2.71. The fourth-order valence-electron chi connectivity index (χ4n) is 15.5. The number of fused-ring (bicyclic) bond motifs is 5. The number of hydrogen-bond acceptors (Lipinski definition) is 19. The molecule has 16 unspecified atom stereocenters. The largest absolute Gasteiger partial charge is 0.481 e. The summed E-state index contributed by atoms with van der Waals surface area (Å²) in [6.45, 7) is 15.3. The molecule has 0 aromatic rings. The van der Waals surface area contributed by atoms with Crippen molar-refractivity contribution in [2.24, 2.45) is 44.3 Å². The number of carbonyl (C=O) groups excluding carboxylic acids is 2. The maximum atomic E-state index is 15.8. The second-order valence-electron chi connectivity index (χ2n) is 27.1. The van der Waals surface area contributed by atoms with E-state index in [9.17, 15) is 55.5 Å². The Balaban J connectivity index is 1.15. The van der Waals surface area contributed by atoms with E-state index in [-0.39, 0.29) is 53.8 Å². The van der Waals surface area contributed by atoms with Crippen molar-refractivity contribution in [1.82, 2.24) is 5.32 Å². The highest BCUT2D eigenvalue weighted by molar-refractivity contribution is 14.1. The minimum atomic E-state index is -1.95. The molecule has 0 aromatic heterocycles. The van der Waals surface area contributed by atoms with Crippen LogP contribution in [0.3, 0.4) is 0 Å². The van der Waals surface area contributed by atoms with Crippen molar-refractivity contribution in [2.75, 3.05) is 13.2 Å². The Morgan fingerprint density at radius 2 is 1.40 bits per heavy atom. The maximum absolute atomic E-state index is 15.8. The lowest BCUT2D eigenvalue weighted by atomic mass is 9.35. The first-order valence-corrected chi connectivity index (χ1v) is 31.1. The summed E-state index contributed by atoms with van der Waals surface area (Å²) in [5, 5.41) is 122. The number of nitrogens with one attached hydrogen (secondary N) is 2. The van der Waals surface area contributed by atoms with Crippen molar-refractivity contribution >= 4 is 46.7 Å². The quantitative estimate of drug-likeness (QED) is 0.0179. The van der Waals surface area contributed by atoms with Crippen LogP contribution in [0.2, 0.25) is 0 Å². The molecule has 1 amide bonds. The minimum absolute atomic E-state index is 0.0563. The smallest absolute Gasteiger partial charge is 0.318 e. The molecule has 0 aromatic carbocycles. The minimum Gasteiger partial charge on any atom is -0.481 e. The molecule has 6 fully saturated rings. The molecule has 464 valence electrons. The van der Waals surface area contributed by atoms with Gasteiger partial charge < -0.3 is 90.2 Å². The van der Waals surface area contributed by atoms with Crippen LogP contribution in [-0.2, 0) is 42.8 Å². The Kier molecular flexibility index (Phi) is 21.8.